The van der Waals surface area contributed by atoms with E-state index in [9.17, 15) is 4.79 Å². The molecule has 2 rings (SSSR count). The number of nitrogens with one attached hydrogen (secondary N) is 1. The van der Waals surface area contributed by atoms with Gasteiger partial charge < -0.3 is 20.5 Å². The number of fused-ring (bicyclic) bond motifs is 1. The lowest BCUT2D eigenvalue weighted by atomic mass is 10.1. The summed E-state index contributed by atoms with van der Waals surface area (Å²) in [5.41, 5.74) is 7.40. The number of carbonyl (C=O) groups excluding carboxylic acids is 1. The third-order valence-corrected chi connectivity index (χ3v) is 3.40. The van der Waals surface area contributed by atoms with Gasteiger partial charge in [0.2, 0.25) is 5.91 Å². The zero-order valence-electron chi connectivity index (χ0n) is 12.2. The molecule has 5 nitrogen and oxygen atoms in total. The summed E-state index contributed by atoms with van der Waals surface area (Å²) in [7, 11) is 0. The van der Waals surface area contributed by atoms with Crippen LogP contribution >= 0.6 is 0 Å². The second-order valence-electron chi connectivity index (χ2n) is 5.14. The Kier molecular flexibility index (Phi) is 4.49. The number of primary amides is 1. The van der Waals surface area contributed by atoms with E-state index in [1.165, 1.54) is 5.56 Å². The summed E-state index contributed by atoms with van der Waals surface area (Å²) in [6.07, 6.45) is 1.10. The highest BCUT2D eigenvalue weighted by molar-refractivity contribution is 5.79. The first-order chi connectivity index (χ1) is 9.51. The summed E-state index contributed by atoms with van der Waals surface area (Å²) in [4.78, 5) is 11.1. The van der Waals surface area contributed by atoms with Gasteiger partial charge in [-0.15, -0.1) is 0 Å². The molecule has 0 bridgehead atoms. The monoisotopic (exact) mass is 278 g/mol. The zero-order chi connectivity index (χ0) is 14.7. The molecule has 2 atom stereocenters. The molecular formula is C15H22N2O3. The topological polar surface area (TPSA) is 73.6 Å². The summed E-state index contributed by atoms with van der Waals surface area (Å²) in [5.74, 6) is 1.38. The van der Waals surface area contributed by atoms with E-state index in [1.807, 2.05) is 26.0 Å². The third kappa shape index (κ3) is 3.22. The van der Waals surface area contributed by atoms with Crippen LogP contribution in [-0.4, -0.2) is 24.7 Å². The maximum Gasteiger partial charge on any atom is 0.234 e. The van der Waals surface area contributed by atoms with Gasteiger partial charge in [-0.1, -0.05) is 0 Å². The highest BCUT2D eigenvalue weighted by Gasteiger charge is 2.22. The number of hydrogen-bond donors (Lipinski definition) is 2. The Morgan fingerprint density at radius 2 is 2.35 bits per heavy atom. The summed E-state index contributed by atoms with van der Waals surface area (Å²) in [6.45, 7) is 6.87. The minimum absolute atomic E-state index is 0.201. The van der Waals surface area contributed by atoms with Crippen molar-refractivity contribution in [2.24, 2.45) is 5.73 Å². The van der Waals surface area contributed by atoms with Gasteiger partial charge in [0.25, 0.3) is 0 Å². The quantitative estimate of drug-likeness (QED) is 0.824. The van der Waals surface area contributed by atoms with Gasteiger partial charge in [-0.05, 0) is 32.9 Å². The van der Waals surface area contributed by atoms with Crippen LogP contribution < -0.4 is 20.5 Å². The van der Waals surface area contributed by atoms with E-state index in [4.69, 9.17) is 15.2 Å². The average Bonchev–Trinajstić information content (AvgIpc) is 2.74. The van der Waals surface area contributed by atoms with E-state index in [2.05, 4.69) is 5.32 Å². The molecular weight excluding hydrogens is 256 g/mol. The average molecular weight is 278 g/mol. The maximum atomic E-state index is 11.1. The van der Waals surface area contributed by atoms with Crippen molar-refractivity contribution in [1.29, 1.82) is 0 Å². The number of amides is 1. The standard InChI is InChI=1S/C15H22N2O3/c1-4-19-13-6-11-5-9(2)20-14(11)7-12(13)8-17-10(3)15(16)18/h6-7,9-10,17H,4-5,8H2,1-3H3,(H2,16,18). The highest BCUT2D eigenvalue weighted by Crippen LogP contribution is 2.35. The van der Waals surface area contributed by atoms with E-state index >= 15 is 0 Å². The lowest BCUT2D eigenvalue weighted by Gasteiger charge is -2.15. The Bertz CT molecular complexity index is 502. The third-order valence-electron chi connectivity index (χ3n) is 3.40. The molecule has 3 N–H and O–H groups in total. The fraction of sp³-hybridized carbons (Fsp3) is 0.533. The van der Waals surface area contributed by atoms with Gasteiger partial charge in [0.1, 0.15) is 17.6 Å². The van der Waals surface area contributed by atoms with Gasteiger partial charge in [0, 0.05) is 24.1 Å². The Balaban J connectivity index is 2.18. The van der Waals surface area contributed by atoms with E-state index in [0.717, 1.165) is 23.5 Å². The molecule has 1 aromatic carbocycles. The van der Waals surface area contributed by atoms with Crippen LogP contribution in [0.1, 0.15) is 31.9 Å². The molecule has 5 heteroatoms. The maximum absolute atomic E-state index is 11.1. The second kappa shape index (κ2) is 6.13. The SMILES string of the molecule is CCOc1cc2c(cc1CNC(C)C(N)=O)OC(C)C2. The largest absolute Gasteiger partial charge is 0.494 e. The van der Waals surface area contributed by atoms with Gasteiger partial charge in [0.05, 0.1) is 12.6 Å². The number of rotatable bonds is 6. The molecule has 2 unspecified atom stereocenters. The van der Waals surface area contributed by atoms with Gasteiger partial charge in [-0.2, -0.15) is 0 Å². The molecule has 0 saturated heterocycles. The molecule has 20 heavy (non-hydrogen) atoms. The van der Waals surface area contributed by atoms with Crippen molar-refractivity contribution in [3.63, 3.8) is 0 Å². The molecule has 1 heterocycles. The first kappa shape index (κ1) is 14.7. The number of hydrogen-bond acceptors (Lipinski definition) is 4. The molecule has 1 aliphatic heterocycles. The van der Waals surface area contributed by atoms with Crippen molar-refractivity contribution in [3.05, 3.63) is 23.3 Å². The lowest BCUT2D eigenvalue weighted by molar-refractivity contribution is -0.119. The fourth-order valence-corrected chi connectivity index (χ4v) is 2.27. The molecule has 0 saturated carbocycles. The van der Waals surface area contributed by atoms with Crippen LogP contribution in [0.25, 0.3) is 0 Å². The summed E-state index contributed by atoms with van der Waals surface area (Å²) in [6, 6.07) is 3.65. The van der Waals surface area contributed by atoms with Crippen LogP contribution in [0.3, 0.4) is 0 Å². The molecule has 1 amide bonds. The number of nitrogens with two attached hydrogens (primary N) is 1. The smallest absolute Gasteiger partial charge is 0.234 e. The minimum atomic E-state index is -0.377. The van der Waals surface area contributed by atoms with Gasteiger partial charge in [-0.3, -0.25) is 4.79 Å². The van der Waals surface area contributed by atoms with Crippen molar-refractivity contribution in [2.75, 3.05) is 6.61 Å². The van der Waals surface area contributed by atoms with Crippen LogP contribution in [-0.2, 0) is 17.8 Å². The van der Waals surface area contributed by atoms with Crippen molar-refractivity contribution < 1.29 is 14.3 Å². The van der Waals surface area contributed by atoms with Gasteiger partial charge in [0.15, 0.2) is 0 Å². The van der Waals surface area contributed by atoms with Gasteiger partial charge >= 0.3 is 0 Å². The molecule has 1 aliphatic rings. The molecule has 0 radical (unpaired) electrons. The van der Waals surface area contributed by atoms with Crippen LogP contribution in [0.5, 0.6) is 11.5 Å². The van der Waals surface area contributed by atoms with Crippen molar-refractivity contribution in [2.45, 2.75) is 45.9 Å². The molecule has 110 valence electrons. The zero-order valence-corrected chi connectivity index (χ0v) is 12.2. The van der Waals surface area contributed by atoms with Crippen molar-refractivity contribution >= 4 is 5.91 Å². The molecule has 1 aromatic rings. The number of carbonyl (C=O) groups is 1. The summed E-state index contributed by atoms with van der Waals surface area (Å²) >= 11 is 0. The summed E-state index contributed by atoms with van der Waals surface area (Å²) < 4.78 is 11.4. The predicted molar refractivity (Wildman–Crippen MR) is 76.9 cm³/mol. The Labute approximate surface area is 119 Å². The van der Waals surface area contributed by atoms with Gasteiger partial charge in [-0.25, -0.2) is 0 Å². The molecule has 0 fully saturated rings. The molecule has 0 spiro atoms. The van der Waals surface area contributed by atoms with Crippen LogP contribution in [0.15, 0.2) is 12.1 Å². The predicted octanol–water partition coefficient (Wildman–Crippen LogP) is 1.37. The lowest BCUT2D eigenvalue weighted by Crippen LogP contribution is -2.38. The second-order valence-corrected chi connectivity index (χ2v) is 5.14. The Morgan fingerprint density at radius 1 is 1.60 bits per heavy atom. The minimum Gasteiger partial charge on any atom is -0.494 e. The Hall–Kier alpha value is -1.75. The normalized spacial score (nSPS) is 18.2. The van der Waals surface area contributed by atoms with Crippen LogP contribution in [0, 0.1) is 0 Å². The van der Waals surface area contributed by atoms with Crippen LogP contribution in [0.4, 0.5) is 0 Å². The fourth-order valence-electron chi connectivity index (χ4n) is 2.27. The van der Waals surface area contributed by atoms with E-state index in [0.29, 0.717) is 13.2 Å². The first-order valence-corrected chi connectivity index (χ1v) is 6.99. The number of ether oxygens (including phenoxy) is 2. The molecule has 0 aromatic heterocycles. The van der Waals surface area contributed by atoms with Crippen LogP contribution in [0.2, 0.25) is 0 Å². The number of benzene rings is 1. The van der Waals surface area contributed by atoms with E-state index in [1.54, 1.807) is 6.92 Å². The van der Waals surface area contributed by atoms with Crippen molar-refractivity contribution in [1.82, 2.24) is 5.32 Å². The Morgan fingerprint density at radius 3 is 3.00 bits per heavy atom. The summed E-state index contributed by atoms with van der Waals surface area (Å²) in [5, 5.41) is 3.09. The molecule has 0 aliphatic carbocycles. The first-order valence-electron chi connectivity index (χ1n) is 6.99. The van der Waals surface area contributed by atoms with Crippen molar-refractivity contribution in [3.8, 4) is 11.5 Å². The highest BCUT2D eigenvalue weighted by atomic mass is 16.5. The van der Waals surface area contributed by atoms with E-state index in [-0.39, 0.29) is 18.1 Å². The van der Waals surface area contributed by atoms with E-state index < -0.39 is 0 Å².